The lowest BCUT2D eigenvalue weighted by atomic mass is 9.88. The lowest BCUT2D eigenvalue weighted by Crippen LogP contribution is -2.63. The van der Waals surface area contributed by atoms with Crippen molar-refractivity contribution in [1.82, 2.24) is 0 Å². The van der Waals surface area contributed by atoms with E-state index in [4.69, 9.17) is 38.4 Å². The van der Waals surface area contributed by atoms with Crippen LogP contribution < -0.4 is 20.1 Å². The van der Waals surface area contributed by atoms with Crippen LogP contribution in [-0.2, 0) is 4.79 Å². The number of nitrogens with two attached hydrogens (primary N) is 1. The van der Waals surface area contributed by atoms with Gasteiger partial charge in [0.1, 0.15) is 6.04 Å². The summed E-state index contributed by atoms with van der Waals surface area (Å²) in [5.74, 6) is 1.10. The smallest absolute Gasteiger partial charge is 0.247 e. The van der Waals surface area contributed by atoms with Gasteiger partial charge in [-0.25, -0.2) is 0 Å². The van der Waals surface area contributed by atoms with E-state index < -0.39 is 6.04 Å². The van der Waals surface area contributed by atoms with Crippen LogP contribution in [0.1, 0.15) is 11.6 Å². The highest BCUT2D eigenvalue weighted by Gasteiger charge is 2.47. The van der Waals surface area contributed by atoms with Gasteiger partial charge in [0, 0.05) is 21.8 Å². The van der Waals surface area contributed by atoms with Gasteiger partial charge < -0.3 is 20.1 Å². The van der Waals surface area contributed by atoms with E-state index >= 15 is 0 Å². The molecule has 118 valence electrons. The molecule has 0 radical (unpaired) electrons. The minimum atomic E-state index is -0.640. The van der Waals surface area contributed by atoms with E-state index in [2.05, 4.69) is 0 Å². The Morgan fingerprint density at radius 3 is 2.65 bits per heavy atom. The molecule has 0 unspecified atom stereocenters. The van der Waals surface area contributed by atoms with Crippen LogP contribution in [0.5, 0.6) is 11.5 Å². The number of carbonyl (C=O) groups is 1. The molecule has 2 atom stereocenters. The van der Waals surface area contributed by atoms with Gasteiger partial charge in [-0.15, -0.1) is 0 Å². The van der Waals surface area contributed by atoms with Gasteiger partial charge in [0.25, 0.3) is 0 Å². The number of amides is 1. The van der Waals surface area contributed by atoms with Crippen molar-refractivity contribution in [2.45, 2.75) is 12.1 Å². The highest BCUT2D eigenvalue weighted by atomic mass is 35.5. The highest BCUT2D eigenvalue weighted by molar-refractivity contribution is 6.35. The Kier molecular flexibility index (Phi) is 3.37. The SMILES string of the molecule is N[C@@H]1C(=O)N(c2ccc3c(c2)OCO3)[C@H]1c1ccc(Cl)cc1Cl. The van der Waals surface area contributed by atoms with Crippen LogP contribution in [0.3, 0.4) is 0 Å². The molecule has 2 aliphatic heterocycles. The molecule has 4 rings (SSSR count). The minimum Gasteiger partial charge on any atom is -0.454 e. The summed E-state index contributed by atoms with van der Waals surface area (Å²) in [6.07, 6.45) is 0. The molecule has 2 aromatic carbocycles. The van der Waals surface area contributed by atoms with Crippen LogP contribution in [0.15, 0.2) is 36.4 Å². The average Bonchev–Trinajstić information content (AvgIpc) is 3.00. The van der Waals surface area contributed by atoms with Crippen molar-refractivity contribution >= 4 is 34.8 Å². The largest absolute Gasteiger partial charge is 0.454 e. The second-order valence-corrected chi connectivity index (χ2v) is 6.23. The van der Waals surface area contributed by atoms with Crippen molar-refractivity contribution in [3.05, 3.63) is 52.0 Å². The molecule has 2 N–H and O–H groups in total. The molecule has 5 nitrogen and oxygen atoms in total. The summed E-state index contributed by atoms with van der Waals surface area (Å²) in [6, 6.07) is 9.53. The molecule has 2 aliphatic rings. The van der Waals surface area contributed by atoms with Crippen LogP contribution in [0.25, 0.3) is 0 Å². The van der Waals surface area contributed by atoms with E-state index in [0.717, 1.165) is 5.56 Å². The molecule has 1 fully saturated rings. The van der Waals surface area contributed by atoms with Gasteiger partial charge in [0.2, 0.25) is 12.7 Å². The molecular weight excluding hydrogens is 339 g/mol. The first-order valence-corrected chi connectivity index (χ1v) is 7.75. The van der Waals surface area contributed by atoms with E-state index in [9.17, 15) is 4.79 Å². The van der Waals surface area contributed by atoms with Crippen molar-refractivity contribution in [3.8, 4) is 11.5 Å². The average molecular weight is 351 g/mol. The Balaban J connectivity index is 1.73. The molecule has 0 aliphatic carbocycles. The van der Waals surface area contributed by atoms with Crippen molar-refractivity contribution in [2.75, 3.05) is 11.7 Å². The normalized spacial score (nSPS) is 22.2. The standard InChI is InChI=1S/C16H12Cl2N2O3/c17-8-1-3-10(11(18)5-8)15-14(19)16(21)20(15)9-2-4-12-13(6-9)23-7-22-12/h1-6,14-15H,7,19H2/t14-,15-/m0/s1. The first-order valence-electron chi connectivity index (χ1n) is 6.99. The van der Waals surface area contributed by atoms with E-state index in [1.807, 2.05) is 0 Å². The molecule has 0 aromatic heterocycles. The Morgan fingerprint density at radius 2 is 1.87 bits per heavy atom. The lowest BCUT2D eigenvalue weighted by molar-refractivity contribution is -0.126. The third-order valence-electron chi connectivity index (χ3n) is 4.06. The van der Waals surface area contributed by atoms with Gasteiger partial charge in [0.05, 0.1) is 6.04 Å². The third kappa shape index (κ3) is 2.24. The molecule has 1 amide bonds. The van der Waals surface area contributed by atoms with Gasteiger partial charge >= 0.3 is 0 Å². The van der Waals surface area contributed by atoms with Crippen LogP contribution in [0.4, 0.5) is 5.69 Å². The number of ether oxygens (including phenoxy) is 2. The maximum absolute atomic E-state index is 12.3. The van der Waals surface area contributed by atoms with Crippen molar-refractivity contribution in [3.63, 3.8) is 0 Å². The molecule has 2 aromatic rings. The second kappa shape index (κ2) is 5.30. The molecule has 0 saturated carbocycles. The Hall–Kier alpha value is -1.95. The molecule has 2 heterocycles. The maximum Gasteiger partial charge on any atom is 0.247 e. The summed E-state index contributed by atoms with van der Waals surface area (Å²) in [5, 5.41) is 1.02. The minimum absolute atomic E-state index is 0.167. The zero-order valence-corrected chi connectivity index (χ0v) is 13.3. The van der Waals surface area contributed by atoms with Crippen molar-refractivity contribution in [2.24, 2.45) is 5.73 Å². The Labute approximate surface area is 142 Å². The molecule has 0 bridgehead atoms. The number of nitrogens with zero attached hydrogens (tertiary/aromatic N) is 1. The van der Waals surface area contributed by atoms with E-state index in [1.165, 1.54) is 0 Å². The van der Waals surface area contributed by atoms with Crippen molar-refractivity contribution < 1.29 is 14.3 Å². The van der Waals surface area contributed by atoms with Gasteiger partial charge in [-0.05, 0) is 29.8 Å². The zero-order chi connectivity index (χ0) is 16.1. The summed E-state index contributed by atoms with van der Waals surface area (Å²) >= 11 is 12.2. The fraction of sp³-hybridized carbons (Fsp3) is 0.188. The summed E-state index contributed by atoms with van der Waals surface area (Å²) < 4.78 is 10.7. The van der Waals surface area contributed by atoms with E-state index in [-0.39, 0.29) is 18.7 Å². The van der Waals surface area contributed by atoms with Gasteiger partial charge in [-0.3, -0.25) is 4.79 Å². The zero-order valence-electron chi connectivity index (χ0n) is 11.8. The summed E-state index contributed by atoms with van der Waals surface area (Å²) in [4.78, 5) is 13.9. The Bertz CT molecular complexity index is 812. The quantitative estimate of drug-likeness (QED) is 0.845. The van der Waals surface area contributed by atoms with Gasteiger partial charge in [-0.1, -0.05) is 29.3 Å². The molecule has 0 spiro atoms. The van der Waals surface area contributed by atoms with Crippen LogP contribution >= 0.6 is 23.2 Å². The number of carbonyl (C=O) groups excluding carboxylic acids is 1. The number of rotatable bonds is 2. The highest BCUT2D eigenvalue weighted by Crippen LogP contribution is 2.44. The number of benzene rings is 2. The predicted molar refractivity (Wildman–Crippen MR) is 87.2 cm³/mol. The number of halogens is 2. The van der Waals surface area contributed by atoms with Gasteiger partial charge in [-0.2, -0.15) is 0 Å². The van der Waals surface area contributed by atoms with Crippen LogP contribution in [0.2, 0.25) is 10.0 Å². The lowest BCUT2D eigenvalue weighted by Gasteiger charge is -2.45. The van der Waals surface area contributed by atoms with E-state index in [0.29, 0.717) is 27.2 Å². The monoisotopic (exact) mass is 350 g/mol. The van der Waals surface area contributed by atoms with Crippen LogP contribution in [0, 0.1) is 0 Å². The topological polar surface area (TPSA) is 64.8 Å². The predicted octanol–water partition coefficient (Wildman–Crippen LogP) is 3.14. The second-order valence-electron chi connectivity index (χ2n) is 5.38. The van der Waals surface area contributed by atoms with Gasteiger partial charge in [0.15, 0.2) is 11.5 Å². The van der Waals surface area contributed by atoms with E-state index in [1.54, 1.807) is 41.3 Å². The maximum atomic E-state index is 12.3. The fourth-order valence-corrected chi connectivity index (χ4v) is 3.43. The molecular formula is C16H12Cl2N2O3. The van der Waals surface area contributed by atoms with Crippen molar-refractivity contribution in [1.29, 1.82) is 0 Å². The summed E-state index contributed by atoms with van der Waals surface area (Å²) in [6.45, 7) is 0.179. The fourth-order valence-electron chi connectivity index (χ4n) is 2.91. The first-order chi connectivity index (χ1) is 11.1. The number of anilines is 1. The third-order valence-corrected chi connectivity index (χ3v) is 4.62. The first kappa shape index (κ1) is 14.6. The summed E-state index contributed by atoms with van der Waals surface area (Å²) in [7, 11) is 0. The Morgan fingerprint density at radius 1 is 1.09 bits per heavy atom. The molecule has 1 saturated heterocycles. The van der Waals surface area contributed by atoms with Crippen LogP contribution in [-0.4, -0.2) is 18.7 Å². The number of fused-ring (bicyclic) bond motifs is 1. The molecule has 23 heavy (non-hydrogen) atoms. The summed E-state index contributed by atoms with van der Waals surface area (Å²) in [5.41, 5.74) is 7.46. The molecule has 7 heteroatoms. The number of hydrogen-bond donors (Lipinski definition) is 1. The number of hydrogen-bond acceptors (Lipinski definition) is 4. The number of β-lactam (4-membered cyclic amide) rings is 1.